The summed E-state index contributed by atoms with van der Waals surface area (Å²) in [6.45, 7) is 7.79. The molecule has 3 heteroatoms. The minimum Gasteiger partial charge on any atom is -0.380 e. The van der Waals surface area contributed by atoms with E-state index in [-0.39, 0.29) is 11.8 Å². The van der Waals surface area contributed by atoms with Crippen LogP contribution in [-0.4, -0.2) is 40.5 Å². The summed E-state index contributed by atoms with van der Waals surface area (Å²) in [7, 11) is 0. The van der Waals surface area contributed by atoms with Gasteiger partial charge >= 0.3 is 0 Å². The summed E-state index contributed by atoms with van der Waals surface area (Å²) >= 11 is 0. The summed E-state index contributed by atoms with van der Waals surface area (Å²) < 4.78 is 0. The van der Waals surface area contributed by atoms with Crippen molar-refractivity contribution in [2.75, 3.05) is 13.1 Å². The van der Waals surface area contributed by atoms with Crippen LogP contribution in [0, 0.1) is 5.92 Å². The van der Waals surface area contributed by atoms with Gasteiger partial charge in [-0.2, -0.15) is 0 Å². The molecule has 1 N–H and O–H groups in total. The van der Waals surface area contributed by atoms with Gasteiger partial charge in [-0.15, -0.1) is 0 Å². The summed E-state index contributed by atoms with van der Waals surface area (Å²) in [5.74, 6) is 0.382. The molecule has 2 fully saturated rings. The van der Waals surface area contributed by atoms with Crippen LogP contribution in [0.15, 0.2) is 11.6 Å². The third kappa shape index (κ3) is 2.92. The molecule has 0 saturated carbocycles. The molecule has 2 aliphatic rings. The van der Waals surface area contributed by atoms with Crippen LogP contribution in [0.5, 0.6) is 0 Å². The number of ketones is 1. The fourth-order valence-corrected chi connectivity index (χ4v) is 3.50. The van der Waals surface area contributed by atoms with Gasteiger partial charge in [0.15, 0.2) is 5.78 Å². The Labute approximate surface area is 116 Å². The Hall–Kier alpha value is -0.670. The molecule has 0 unspecified atom stereocenters. The zero-order chi connectivity index (χ0) is 14.0. The molecular weight excluding hydrogens is 238 g/mol. The van der Waals surface area contributed by atoms with Gasteiger partial charge < -0.3 is 5.11 Å². The standard InChI is InChI=1S/C16H27NO2/c1-4-5-7-12(2)10-13-11-17-9-6-8-14(17)16(3,19)15(13)18/h10,12,14,19H,4-9,11H2,1-3H3/b13-10+/t12-,14+,16-/m1/s1. The Bertz CT molecular complexity index is 373. The molecule has 2 rings (SSSR count). The zero-order valence-corrected chi connectivity index (χ0v) is 12.5. The minimum absolute atomic E-state index is 0.0306. The molecule has 0 bridgehead atoms. The normalized spacial score (nSPS) is 35.7. The van der Waals surface area contributed by atoms with Gasteiger partial charge in [0.25, 0.3) is 0 Å². The topological polar surface area (TPSA) is 40.5 Å². The fourth-order valence-electron chi connectivity index (χ4n) is 3.50. The Kier molecular flexibility index (Phi) is 4.46. The first-order chi connectivity index (χ1) is 8.96. The first-order valence-electron chi connectivity index (χ1n) is 7.68. The van der Waals surface area contributed by atoms with Crippen molar-refractivity contribution in [3.05, 3.63) is 11.6 Å². The van der Waals surface area contributed by atoms with E-state index in [9.17, 15) is 9.90 Å². The second kappa shape index (κ2) is 5.76. The van der Waals surface area contributed by atoms with Crippen molar-refractivity contribution < 1.29 is 9.90 Å². The predicted octanol–water partition coefficient (Wildman–Crippen LogP) is 2.54. The zero-order valence-electron chi connectivity index (χ0n) is 12.5. The molecule has 19 heavy (non-hydrogen) atoms. The lowest BCUT2D eigenvalue weighted by Crippen LogP contribution is -2.58. The lowest BCUT2D eigenvalue weighted by Gasteiger charge is -2.41. The highest BCUT2D eigenvalue weighted by Crippen LogP contribution is 2.35. The molecule has 2 saturated heterocycles. The first kappa shape index (κ1) is 14.7. The number of unbranched alkanes of at least 4 members (excludes halogenated alkanes) is 1. The molecule has 0 aliphatic carbocycles. The van der Waals surface area contributed by atoms with Gasteiger partial charge in [-0.1, -0.05) is 32.8 Å². The lowest BCUT2D eigenvalue weighted by molar-refractivity contribution is -0.141. The number of carbonyl (C=O) groups excluding carboxylic acids is 1. The van der Waals surface area contributed by atoms with Crippen LogP contribution >= 0.6 is 0 Å². The van der Waals surface area contributed by atoms with E-state index < -0.39 is 5.60 Å². The number of piperidine rings is 1. The van der Waals surface area contributed by atoms with Gasteiger partial charge in [0.2, 0.25) is 0 Å². The average Bonchev–Trinajstić information content (AvgIpc) is 2.82. The van der Waals surface area contributed by atoms with Gasteiger partial charge in [0.1, 0.15) is 5.60 Å². The van der Waals surface area contributed by atoms with Gasteiger partial charge in [-0.05, 0) is 38.6 Å². The van der Waals surface area contributed by atoms with E-state index in [0.717, 1.165) is 37.9 Å². The maximum atomic E-state index is 12.5. The van der Waals surface area contributed by atoms with Crippen molar-refractivity contribution in [1.82, 2.24) is 4.90 Å². The third-order valence-electron chi connectivity index (χ3n) is 4.64. The number of nitrogens with zero attached hydrogens (tertiary/aromatic N) is 1. The third-order valence-corrected chi connectivity index (χ3v) is 4.64. The molecule has 0 radical (unpaired) electrons. The average molecular weight is 265 g/mol. The van der Waals surface area contributed by atoms with E-state index in [1.807, 2.05) is 0 Å². The summed E-state index contributed by atoms with van der Waals surface area (Å²) in [4.78, 5) is 14.7. The van der Waals surface area contributed by atoms with Crippen LogP contribution in [-0.2, 0) is 4.79 Å². The molecule has 0 aromatic carbocycles. The number of Topliss-reactive ketones (excluding diaryl/α,β-unsaturated/α-hetero) is 1. The Morgan fingerprint density at radius 1 is 1.58 bits per heavy atom. The minimum atomic E-state index is -1.19. The lowest BCUT2D eigenvalue weighted by atomic mass is 9.81. The quantitative estimate of drug-likeness (QED) is 0.794. The smallest absolute Gasteiger partial charge is 0.192 e. The van der Waals surface area contributed by atoms with Crippen molar-refractivity contribution >= 4 is 5.78 Å². The van der Waals surface area contributed by atoms with Crippen LogP contribution in [0.1, 0.15) is 52.9 Å². The van der Waals surface area contributed by atoms with Crippen LogP contribution in [0.3, 0.4) is 0 Å². The maximum absolute atomic E-state index is 12.5. The molecule has 0 spiro atoms. The molecule has 108 valence electrons. The Balaban J connectivity index is 2.13. The van der Waals surface area contributed by atoms with E-state index in [1.54, 1.807) is 6.92 Å². The molecule has 3 atom stereocenters. The monoisotopic (exact) mass is 265 g/mol. The van der Waals surface area contributed by atoms with Crippen molar-refractivity contribution in [1.29, 1.82) is 0 Å². The molecule has 0 aromatic rings. The summed E-state index contributed by atoms with van der Waals surface area (Å²) in [5.41, 5.74) is -0.364. The van der Waals surface area contributed by atoms with Crippen molar-refractivity contribution in [2.24, 2.45) is 5.92 Å². The Morgan fingerprint density at radius 3 is 3.00 bits per heavy atom. The summed E-state index contributed by atoms with van der Waals surface area (Å²) in [6, 6.07) is 0.0306. The van der Waals surface area contributed by atoms with Crippen molar-refractivity contribution in [2.45, 2.75) is 64.5 Å². The first-order valence-corrected chi connectivity index (χ1v) is 7.68. The van der Waals surface area contributed by atoms with Crippen molar-refractivity contribution in [3.8, 4) is 0 Å². The SMILES string of the molecule is CCCC[C@@H](C)/C=C1\CN2CCC[C@H]2[C@@](C)(O)C1=O. The molecule has 0 aromatic heterocycles. The molecule has 2 heterocycles. The summed E-state index contributed by atoms with van der Waals surface area (Å²) in [5, 5.41) is 10.5. The number of aliphatic hydroxyl groups is 1. The van der Waals surface area contributed by atoms with Gasteiger partial charge in [0.05, 0.1) is 0 Å². The number of rotatable bonds is 4. The van der Waals surface area contributed by atoms with Crippen LogP contribution in [0.2, 0.25) is 0 Å². The van der Waals surface area contributed by atoms with E-state index in [2.05, 4.69) is 24.8 Å². The number of allylic oxidation sites excluding steroid dienone is 1. The molecule has 2 aliphatic heterocycles. The number of carbonyl (C=O) groups is 1. The number of hydrogen-bond donors (Lipinski definition) is 1. The van der Waals surface area contributed by atoms with Gasteiger partial charge in [-0.3, -0.25) is 9.69 Å². The number of hydrogen-bond acceptors (Lipinski definition) is 3. The largest absolute Gasteiger partial charge is 0.380 e. The van der Waals surface area contributed by atoms with E-state index >= 15 is 0 Å². The highest BCUT2D eigenvalue weighted by atomic mass is 16.3. The fraction of sp³-hybridized carbons (Fsp3) is 0.812. The van der Waals surface area contributed by atoms with E-state index in [1.165, 1.54) is 12.8 Å². The summed E-state index contributed by atoms with van der Waals surface area (Å²) in [6.07, 6.45) is 7.64. The highest BCUT2D eigenvalue weighted by molar-refractivity contribution is 6.03. The number of fused-ring (bicyclic) bond motifs is 1. The van der Waals surface area contributed by atoms with Crippen LogP contribution in [0.4, 0.5) is 0 Å². The van der Waals surface area contributed by atoms with Crippen LogP contribution < -0.4 is 0 Å². The van der Waals surface area contributed by atoms with Gasteiger partial charge in [0, 0.05) is 18.2 Å². The van der Waals surface area contributed by atoms with E-state index in [4.69, 9.17) is 0 Å². The second-order valence-corrected chi connectivity index (χ2v) is 6.42. The van der Waals surface area contributed by atoms with E-state index in [0.29, 0.717) is 5.92 Å². The van der Waals surface area contributed by atoms with Gasteiger partial charge in [-0.25, -0.2) is 0 Å². The molecule has 3 nitrogen and oxygen atoms in total. The van der Waals surface area contributed by atoms with Crippen molar-refractivity contribution in [3.63, 3.8) is 0 Å². The van der Waals surface area contributed by atoms with Crippen LogP contribution in [0.25, 0.3) is 0 Å². The molecule has 0 amide bonds. The highest BCUT2D eigenvalue weighted by Gasteiger charge is 2.49. The predicted molar refractivity (Wildman–Crippen MR) is 77.0 cm³/mol. The second-order valence-electron chi connectivity index (χ2n) is 6.42. The Morgan fingerprint density at radius 2 is 2.32 bits per heavy atom. The maximum Gasteiger partial charge on any atom is 0.192 e. The molecular formula is C16H27NO2.